The summed E-state index contributed by atoms with van der Waals surface area (Å²) < 4.78 is 19.3. The molecule has 1 N–H and O–H groups in total. The Kier molecular flexibility index (Phi) is 4.93. The van der Waals surface area contributed by atoms with Gasteiger partial charge in [0.05, 0.1) is 17.7 Å². The summed E-state index contributed by atoms with van der Waals surface area (Å²) in [5.41, 5.74) is 1.00. The molecule has 0 aromatic carbocycles. The summed E-state index contributed by atoms with van der Waals surface area (Å²) in [5, 5.41) is 3.26. The molecule has 1 aliphatic heterocycles. The van der Waals surface area contributed by atoms with E-state index in [0.29, 0.717) is 13.2 Å². The average molecular weight is 337 g/mol. The highest BCUT2D eigenvalue weighted by molar-refractivity contribution is 6.30. The first-order valence-corrected chi connectivity index (χ1v) is 7.86. The van der Waals surface area contributed by atoms with Gasteiger partial charge in [0.25, 0.3) is 0 Å². The molecule has 0 radical (unpaired) electrons. The molecule has 5 nitrogen and oxygen atoms in total. The Morgan fingerprint density at radius 3 is 3.09 bits per heavy atom. The van der Waals surface area contributed by atoms with Crippen molar-refractivity contribution in [2.75, 3.05) is 29.9 Å². The molecule has 0 unspecified atom stereocenters. The van der Waals surface area contributed by atoms with Crippen LogP contribution in [0.4, 0.5) is 16.0 Å². The van der Waals surface area contributed by atoms with Crippen molar-refractivity contribution in [2.24, 2.45) is 0 Å². The molecule has 2 aromatic heterocycles. The van der Waals surface area contributed by atoms with Crippen LogP contribution in [-0.2, 0) is 11.3 Å². The third kappa shape index (κ3) is 4.09. The predicted octanol–water partition coefficient (Wildman–Crippen LogP) is 3.11. The van der Waals surface area contributed by atoms with E-state index in [1.807, 2.05) is 19.1 Å². The number of nitrogens with zero attached hydrogens (tertiary/aromatic N) is 3. The fourth-order valence-electron chi connectivity index (χ4n) is 2.50. The quantitative estimate of drug-likeness (QED) is 0.929. The van der Waals surface area contributed by atoms with Crippen LogP contribution in [0.15, 0.2) is 30.6 Å². The minimum atomic E-state index is -0.464. The molecule has 1 aliphatic rings. The Balaban J connectivity index is 1.67. The van der Waals surface area contributed by atoms with E-state index in [2.05, 4.69) is 20.2 Å². The molecule has 0 amide bonds. The van der Waals surface area contributed by atoms with Crippen LogP contribution in [0.3, 0.4) is 0 Å². The Morgan fingerprint density at radius 1 is 1.43 bits per heavy atom. The zero-order chi connectivity index (χ0) is 16.2. The number of aromatic nitrogens is 2. The minimum absolute atomic E-state index is 0.188. The van der Waals surface area contributed by atoms with Gasteiger partial charge in [0, 0.05) is 32.0 Å². The minimum Gasteiger partial charge on any atom is -0.375 e. The van der Waals surface area contributed by atoms with E-state index in [0.717, 1.165) is 24.5 Å². The number of anilines is 2. The molecule has 23 heavy (non-hydrogen) atoms. The van der Waals surface area contributed by atoms with E-state index in [4.69, 9.17) is 16.3 Å². The third-order valence-corrected chi connectivity index (χ3v) is 3.85. The van der Waals surface area contributed by atoms with Gasteiger partial charge in [-0.25, -0.2) is 14.4 Å². The van der Waals surface area contributed by atoms with Gasteiger partial charge in [-0.3, -0.25) is 0 Å². The van der Waals surface area contributed by atoms with E-state index in [9.17, 15) is 4.39 Å². The number of pyridine rings is 2. The third-order valence-electron chi connectivity index (χ3n) is 3.64. The van der Waals surface area contributed by atoms with Gasteiger partial charge in [-0.1, -0.05) is 11.6 Å². The van der Waals surface area contributed by atoms with Crippen molar-refractivity contribution in [1.29, 1.82) is 0 Å². The van der Waals surface area contributed by atoms with Crippen LogP contribution in [0.25, 0.3) is 0 Å². The van der Waals surface area contributed by atoms with E-state index in [1.165, 1.54) is 12.3 Å². The summed E-state index contributed by atoms with van der Waals surface area (Å²) in [7, 11) is 0. The second kappa shape index (κ2) is 7.10. The van der Waals surface area contributed by atoms with Gasteiger partial charge in [0.2, 0.25) is 0 Å². The topological polar surface area (TPSA) is 50.3 Å². The van der Waals surface area contributed by atoms with Gasteiger partial charge in [-0.05, 0) is 30.7 Å². The van der Waals surface area contributed by atoms with Crippen LogP contribution < -0.4 is 10.2 Å². The fraction of sp³-hybridized carbons (Fsp3) is 0.375. The van der Waals surface area contributed by atoms with E-state index < -0.39 is 5.82 Å². The fourth-order valence-corrected chi connectivity index (χ4v) is 2.65. The SMILES string of the molecule is C[C@H]1CN(c2cc(CNc3ncc(Cl)cc3F)ccn2)CCO1. The van der Waals surface area contributed by atoms with Gasteiger partial charge in [-0.2, -0.15) is 0 Å². The van der Waals surface area contributed by atoms with E-state index in [1.54, 1.807) is 6.20 Å². The van der Waals surface area contributed by atoms with Crippen molar-refractivity contribution < 1.29 is 9.13 Å². The maximum Gasteiger partial charge on any atom is 0.166 e. The lowest BCUT2D eigenvalue weighted by Crippen LogP contribution is -2.41. The highest BCUT2D eigenvalue weighted by Gasteiger charge is 2.18. The molecule has 2 aromatic rings. The first-order valence-electron chi connectivity index (χ1n) is 7.48. The number of halogens is 2. The zero-order valence-corrected chi connectivity index (χ0v) is 13.6. The molecule has 0 bridgehead atoms. The average Bonchev–Trinajstić information content (AvgIpc) is 2.54. The zero-order valence-electron chi connectivity index (χ0n) is 12.8. The van der Waals surface area contributed by atoms with Crippen LogP contribution in [0.5, 0.6) is 0 Å². The first kappa shape index (κ1) is 16.0. The summed E-state index contributed by atoms with van der Waals surface area (Å²) >= 11 is 5.70. The molecule has 1 fully saturated rings. The van der Waals surface area contributed by atoms with E-state index in [-0.39, 0.29) is 16.9 Å². The lowest BCUT2D eigenvalue weighted by atomic mass is 10.2. The Hall–Kier alpha value is -1.92. The summed E-state index contributed by atoms with van der Waals surface area (Å²) in [6.45, 7) is 4.84. The van der Waals surface area contributed by atoms with Gasteiger partial charge in [0.1, 0.15) is 5.82 Å². The van der Waals surface area contributed by atoms with E-state index >= 15 is 0 Å². The van der Waals surface area contributed by atoms with Gasteiger partial charge in [-0.15, -0.1) is 0 Å². The molecule has 7 heteroatoms. The Labute approximate surface area is 139 Å². The number of nitrogens with one attached hydrogen (secondary N) is 1. The number of hydrogen-bond donors (Lipinski definition) is 1. The van der Waals surface area contributed by atoms with Crippen molar-refractivity contribution in [2.45, 2.75) is 19.6 Å². The second-order valence-corrected chi connectivity index (χ2v) is 5.92. The number of ether oxygens (including phenoxy) is 1. The molecule has 0 spiro atoms. The highest BCUT2D eigenvalue weighted by atomic mass is 35.5. The van der Waals surface area contributed by atoms with Crippen LogP contribution in [0, 0.1) is 5.82 Å². The van der Waals surface area contributed by atoms with Crippen LogP contribution in [0.2, 0.25) is 5.02 Å². The smallest absolute Gasteiger partial charge is 0.166 e. The first-order chi connectivity index (χ1) is 11.1. The van der Waals surface area contributed by atoms with Crippen molar-refractivity contribution in [1.82, 2.24) is 9.97 Å². The number of hydrogen-bond acceptors (Lipinski definition) is 5. The van der Waals surface area contributed by atoms with Crippen molar-refractivity contribution in [3.05, 3.63) is 47.0 Å². The lowest BCUT2D eigenvalue weighted by Gasteiger charge is -2.32. The molecular formula is C16H18ClFN4O. The predicted molar refractivity (Wildman–Crippen MR) is 88.4 cm³/mol. The van der Waals surface area contributed by atoms with Crippen molar-refractivity contribution in [3.63, 3.8) is 0 Å². The summed E-state index contributed by atoms with van der Waals surface area (Å²) in [5.74, 6) is 0.630. The second-order valence-electron chi connectivity index (χ2n) is 5.49. The maximum atomic E-state index is 13.7. The number of rotatable bonds is 4. The van der Waals surface area contributed by atoms with Crippen LogP contribution >= 0.6 is 11.6 Å². The maximum absolute atomic E-state index is 13.7. The van der Waals surface area contributed by atoms with Crippen LogP contribution in [0.1, 0.15) is 12.5 Å². The molecule has 0 aliphatic carbocycles. The van der Waals surface area contributed by atoms with Gasteiger partial charge >= 0.3 is 0 Å². The molecule has 122 valence electrons. The summed E-state index contributed by atoms with van der Waals surface area (Å²) in [6, 6.07) is 5.14. The normalized spacial score (nSPS) is 18.0. The molecule has 1 atom stereocenters. The summed E-state index contributed by atoms with van der Waals surface area (Å²) in [4.78, 5) is 10.6. The van der Waals surface area contributed by atoms with Gasteiger partial charge in [0.15, 0.2) is 11.6 Å². The standard InChI is InChI=1S/C16H18ClFN4O/c1-11-10-22(4-5-23-11)15-6-12(2-3-19-15)8-20-16-14(18)7-13(17)9-21-16/h2-3,6-7,9,11H,4-5,8,10H2,1H3,(H,20,21)/t11-/m0/s1. The molecule has 0 saturated carbocycles. The monoisotopic (exact) mass is 336 g/mol. The highest BCUT2D eigenvalue weighted by Crippen LogP contribution is 2.19. The molecule has 3 heterocycles. The molecule has 3 rings (SSSR count). The number of morpholine rings is 1. The summed E-state index contributed by atoms with van der Waals surface area (Å²) in [6.07, 6.45) is 3.37. The Morgan fingerprint density at radius 2 is 2.30 bits per heavy atom. The Bertz CT molecular complexity index is 685. The largest absolute Gasteiger partial charge is 0.375 e. The van der Waals surface area contributed by atoms with Crippen LogP contribution in [-0.4, -0.2) is 35.8 Å². The van der Waals surface area contributed by atoms with Crippen molar-refractivity contribution >= 4 is 23.2 Å². The molecule has 1 saturated heterocycles. The van der Waals surface area contributed by atoms with Gasteiger partial charge < -0.3 is 15.0 Å². The molecular weight excluding hydrogens is 319 g/mol. The lowest BCUT2D eigenvalue weighted by molar-refractivity contribution is 0.0529. The van der Waals surface area contributed by atoms with Crippen molar-refractivity contribution in [3.8, 4) is 0 Å².